The standard InChI is InChI=1S/C9H18N2O/c12-9-3-4-10-7-8(9)11-5-1-2-6-11/h8-10,12H,1-7H2/t8-,9-/m1/s1. The molecule has 3 nitrogen and oxygen atoms in total. The lowest BCUT2D eigenvalue weighted by Gasteiger charge is -2.35. The van der Waals surface area contributed by atoms with Crippen molar-refractivity contribution in [1.29, 1.82) is 0 Å². The largest absolute Gasteiger partial charge is 0.391 e. The first-order valence-electron chi connectivity index (χ1n) is 5.01. The molecule has 0 aromatic carbocycles. The minimum absolute atomic E-state index is 0.0932. The van der Waals surface area contributed by atoms with Gasteiger partial charge < -0.3 is 10.4 Å². The van der Waals surface area contributed by atoms with E-state index in [1.807, 2.05) is 0 Å². The van der Waals surface area contributed by atoms with Gasteiger partial charge in [-0.15, -0.1) is 0 Å². The number of nitrogens with one attached hydrogen (secondary N) is 1. The summed E-state index contributed by atoms with van der Waals surface area (Å²) in [6.07, 6.45) is 3.44. The summed E-state index contributed by atoms with van der Waals surface area (Å²) in [7, 11) is 0. The third kappa shape index (κ3) is 1.63. The molecule has 0 aliphatic carbocycles. The minimum atomic E-state index is -0.0932. The molecule has 0 amide bonds. The van der Waals surface area contributed by atoms with Crippen LogP contribution in [-0.2, 0) is 0 Å². The number of rotatable bonds is 1. The molecule has 0 saturated carbocycles. The van der Waals surface area contributed by atoms with Gasteiger partial charge in [-0.3, -0.25) is 4.90 Å². The molecule has 2 aliphatic heterocycles. The highest BCUT2D eigenvalue weighted by Gasteiger charge is 2.29. The van der Waals surface area contributed by atoms with E-state index >= 15 is 0 Å². The summed E-state index contributed by atoms with van der Waals surface area (Å²) in [5.74, 6) is 0. The predicted octanol–water partition coefficient (Wildman–Crippen LogP) is -0.195. The smallest absolute Gasteiger partial charge is 0.0719 e. The number of piperidine rings is 1. The third-order valence-electron chi connectivity index (χ3n) is 3.02. The maximum atomic E-state index is 9.75. The Labute approximate surface area is 73.8 Å². The fourth-order valence-corrected chi connectivity index (χ4v) is 2.27. The van der Waals surface area contributed by atoms with Gasteiger partial charge in [0.1, 0.15) is 0 Å². The van der Waals surface area contributed by atoms with Gasteiger partial charge in [-0.1, -0.05) is 0 Å². The first-order chi connectivity index (χ1) is 5.88. The fourth-order valence-electron chi connectivity index (χ4n) is 2.27. The Bertz CT molecular complexity index is 145. The van der Waals surface area contributed by atoms with E-state index in [-0.39, 0.29) is 6.10 Å². The lowest BCUT2D eigenvalue weighted by molar-refractivity contribution is 0.0398. The number of aliphatic hydroxyl groups is 1. The molecule has 2 fully saturated rings. The number of hydrogen-bond acceptors (Lipinski definition) is 3. The number of likely N-dealkylation sites (tertiary alicyclic amines) is 1. The van der Waals surface area contributed by atoms with Crippen LogP contribution >= 0.6 is 0 Å². The van der Waals surface area contributed by atoms with Gasteiger partial charge in [0, 0.05) is 12.6 Å². The maximum absolute atomic E-state index is 9.75. The lowest BCUT2D eigenvalue weighted by Crippen LogP contribution is -2.52. The maximum Gasteiger partial charge on any atom is 0.0719 e. The number of hydrogen-bond donors (Lipinski definition) is 2. The van der Waals surface area contributed by atoms with E-state index in [9.17, 15) is 5.11 Å². The summed E-state index contributed by atoms with van der Waals surface area (Å²) in [5.41, 5.74) is 0. The highest BCUT2D eigenvalue weighted by atomic mass is 16.3. The summed E-state index contributed by atoms with van der Waals surface area (Å²) in [6, 6.07) is 0.390. The Balaban J connectivity index is 1.91. The molecule has 0 aromatic heterocycles. The summed E-state index contributed by atoms with van der Waals surface area (Å²) >= 11 is 0. The Morgan fingerprint density at radius 2 is 2.00 bits per heavy atom. The molecule has 0 bridgehead atoms. The van der Waals surface area contributed by atoms with Crippen LogP contribution in [0.5, 0.6) is 0 Å². The van der Waals surface area contributed by atoms with E-state index in [1.165, 1.54) is 25.9 Å². The van der Waals surface area contributed by atoms with E-state index in [1.54, 1.807) is 0 Å². The molecule has 0 radical (unpaired) electrons. The predicted molar refractivity (Wildman–Crippen MR) is 48.1 cm³/mol. The zero-order chi connectivity index (χ0) is 8.39. The molecule has 12 heavy (non-hydrogen) atoms. The van der Waals surface area contributed by atoms with Crippen molar-refractivity contribution >= 4 is 0 Å². The van der Waals surface area contributed by atoms with Gasteiger partial charge in [-0.25, -0.2) is 0 Å². The molecular weight excluding hydrogens is 152 g/mol. The average Bonchev–Trinajstić information content (AvgIpc) is 2.57. The first-order valence-corrected chi connectivity index (χ1v) is 5.01. The second kappa shape index (κ2) is 3.73. The van der Waals surface area contributed by atoms with Crippen LogP contribution in [0.3, 0.4) is 0 Å². The van der Waals surface area contributed by atoms with E-state index in [0.29, 0.717) is 6.04 Å². The summed E-state index contributed by atoms with van der Waals surface area (Å²) in [5, 5.41) is 13.1. The van der Waals surface area contributed by atoms with E-state index in [2.05, 4.69) is 10.2 Å². The van der Waals surface area contributed by atoms with Crippen LogP contribution in [0, 0.1) is 0 Å². The van der Waals surface area contributed by atoms with E-state index < -0.39 is 0 Å². The molecule has 2 saturated heterocycles. The van der Waals surface area contributed by atoms with Crippen molar-refractivity contribution in [3.63, 3.8) is 0 Å². The molecule has 0 aromatic rings. The molecular formula is C9H18N2O. The van der Waals surface area contributed by atoms with Gasteiger partial charge in [0.25, 0.3) is 0 Å². The lowest BCUT2D eigenvalue weighted by atomic mass is 10.0. The van der Waals surface area contributed by atoms with Gasteiger partial charge in [-0.05, 0) is 38.9 Å². The molecule has 2 rings (SSSR count). The monoisotopic (exact) mass is 170 g/mol. The molecule has 2 atom stereocenters. The highest BCUT2D eigenvalue weighted by molar-refractivity contribution is 4.87. The first kappa shape index (κ1) is 8.48. The normalized spacial score (nSPS) is 38.8. The van der Waals surface area contributed by atoms with Gasteiger partial charge in [-0.2, -0.15) is 0 Å². The van der Waals surface area contributed by atoms with Crippen molar-refractivity contribution in [2.75, 3.05) is 26.2 Å². The van der Waals surface area contributed by atoms with Gasteiger partial charge in [0.05, 0.1) is 6.10 Å². The topological polar surface area (TPSA) is 35.5 Å². The second-order valence-electron chi connectivity index (χ2n) is 3.87. The zero-order valence-electron chi connectivity index (χ0n) is 7.50. The highest BCUT2D eigenvalue weighted by Crippen LogP contribution is 2.17. The van der Waals surface area contributed by atoms with Crippen LogP contribution in [0.2, 0.25) is 0 Å². The van der Waals surface area contributed by atoms with E-state index in [0.717, 1.165) is 19.5 Å². The summed E-state index contributed by atoms with van der Waals surface area (Å²) in [4.78, 5) is 2.43. The SMILES string of the molecule is O[C@@H]1CCNC[C@H]1N1CCCC1. The molecule has 2 aliphatic rings. The minimum Gasteiger partial charge on any atom is -0.391 e. The van der Waals surface area contributed by atoms with Crippen LogP contribution in [-0.4, -0.2) is 48.3 Å². The molecule has 3 heteroatoms. The van der Waals surface area contributed by atoms with Crippen molar-refractivity contribution < 1.29 is 5.11 Å². The molecule has 2 heterocycles. The van der Waals surface area contributed by atoms with Crippen LogP contribution < -0.4 is 5.32 Å². The Hall–Kier alpha value is -0.120. The number of aliphatic hydroxyl groups excluding tert-OH is 1. The van der Waals surface area contributed by atoms with Crippen molar-refractivity contribution in [3.05, 3.63) is 0 Å². The van der Waals surface area contributed by atoms with Crippen LogP contribution in [0.25, 0.3) is 0 Å². The summed E-state index contributed by atoms with van der Waals surface area (Å²) < 4.78 is 0. The molecule has 70 valence electrons. The van der Waals surface area contributed by atoms with Crippen molar-refractivity contribution in [1.82, 2.24) is 10.2 Å². The Kier molecular flexibility index (Phi) is 2.63. The van der Waals surface area contributed by atoms with Gasteiger partial charge >= 0.3 is 0 Å². The molecule has 0 spiro atoms. The molecule has 2 N–H and O–H groups in total. The molecule has 0 unspecified atom stereocenters. The number of nitrogens with zero attached hydrogens (tertiary/aromatic N) is 1. The van der Waals surface area contributed by atoms with Gasteiger partial charge in [0.15, 0.2) is 0 Å². The third-order valence-corrected chi connectivity index (χ3v) is 3.02. The summed E-state index contributed by atoms with van der Waals surface area (Å²) in [6.45, 7) is 4.32. The Morgan fingerprint density at radius 1 is 1.25 bits per heavy atom. The fraction of sp³-hybridized carbons (Fsp3) is 1.00. The van der Waals surface area contributed by atoms with E-state index in [4.69, 9.17) is 0 Å². The zero-order valence-corrected chi connectivity index (χ0v) is 7.50. The van der Waals surface area contributed by atoms with Crippen LogP contribution in [0.15, 0.2) is 0 Å². The van der Waals surface area contributed by atoms with Gasteiger partial charge in [0.2, 0.25) is 0 Å². The average molecular weight is 170 g/mol. The quantitative estimate of drug-likeness (QED) is 0.572. The van der Waals surface area contributed by atoms with Crippen LogP contribution in [0.4, 0.5) is 0 Å². The van der Waals surface area contributed by atoms with Crippen LogP contribution in [0.1, 0.15) is 19.3 Å². The van der Waals surface area contributed by atoms with Crippen molar-refractivity contribution in [2.24, 2.45) is 0 Å². The second-order valence-corrected chi connectivity index (χ2v) is 3.87. The Morgan fingerprint density at radius 3 is 2.67 bits per heavy atom. The van der Waals surface area contributed by atoms with Crippen molar-refractivity contribution in [3.8, 4) is 0 Å². The van der Waals surface area contributed by atoms with Crippen molar-refractivity contribution in [2.45, 2.75) is 31.4 Å².